The lowest BCUT2D eigenvalue weighted by atomic mass is 10.2. The van der Waals surface area contributed by atoms with Crippen LogP contribution in [0.1, 0.15) is 107 Å². The third-order valence-electron chi connectivity index (χ3n) is 17.8. The van der Waals surface area contributed by atoms with E-state index in [1.807, 2.05) is 219 Å². The summed E-state index contributed by atoms with van der Waals surface area (Å²) in [5.41, 5.74) is 7.04. The molecule has 8 aromatic carbocycles. The summed E-state index contributed by atoms with van der Waals surface area (Å²) in [7, 11) is 0. The topological polar surface area (TPSA) is 247 Å². The van der Waals surface area contributed by atoms with Crippen molar-refractivity contribution >= 4 is 67.9 Å². The Kier molecular flexibility index (Phi) is 31.5. The van der Waals surface area contributed by atoms with Gasteiger partial charge in [0.15, 0.2) is 44.7 Å². The molecule has 0 bridgehead atoms. The van der Waals surface area contributed by atoms with E-state index in [-0.39, 0.29) is 81.9 Å². The highest BCUT2D eigenvalue weighted by Crippen LogP contribution is 2.22. The molecule has 26 heteroatoms. The minimum Gasteiger partial charge on any atom is -0.320 e. The number of aromatic nitrogens is 16. The van der Waals surface area contributed by atoms with Crippen molar-refractivity contribution in [2.75, 3.05) is 0 Å². The number of benzene rings is 8. The fraction of sp³-hybridized carbons (Fsp3) is 0.227. The molecule has 0 atom stereocenters. The van der Waals surface area contributed by atoms with Gasteiger partial charge in [0.1, 0.15) is 0 Å². The predicted octanol–water partition coefficient (Wildman–Crippen LogP) is 15.6. The number of rotatable bonds is 16. The van der Waals surface area contributed by atoms with E-state index < -0.39 is 11.4 Å². The van der Waals surface area contributed by atoms with Crippen molar-refractivity contribution in [1.29, 1.82) is 0 Å². The number of fused-ring (bicyclic) bond motifs is 4. The second-order valence-electron chi connectivity index (χ2n) is 24.4. The van der Waals surface area contributed by atoms with Crippen LogP contribution in [0.3, 0.4) is 0 Å². The summed E-state index contributed by atoms with van der Waals surface area (Å²) in [6.07, 6.45) is 6.45. The van der Waals surface area contributed by atoms with Crippen LogP contribution < -0.4 is 45.0 Å². The van der Waals surface area contributed by atoms with E-state index in [1.165, 1.54) is 32.0 Å². The molecule has 0 saturated heterocycles. The van der Waals surface area contributed by atoms with Crippen molar-refractivity contribution in [2.45, 2.75) is 137 Å². The molecular formula is C88H98Cl2N16O8. The molecule has 0 aliphatic rings. The summed E-state index contributed by atoms with van der Waals surface area (Å²) < 4.78 is 18.2. The molecule has 8 aromatic heterocycles. The van der Waals surface area contributed by atoms with E-state index in [0.29, 0.717) is 111 Å². The monoisotopic (exact) mass is 1580 g/mol. The quantitative estimate of drug-likeness (QED) is 0.0876. The summed E-state index contributed by atoms with van der Waals surface area (Å²) in [6, 6.07) is 71.8. The van der Waals surface area contributed by atoms with Crippen molar-refractivity contribution < 1.29 is 0 Å². The van der Waals surface area contributed by atoms with Gasteiger partial charge in [0.2, 0.25) is 0 Å². The van der Waals surface area contributed by atoms with Gasteiger partial charge < -0.3 is 18.3 Å². The first-order chi connectivity index (χ1) is 53.6. The van der Waals surface area contributed by atoms with Crippen LogP contribution in [0.5, 0.6) is 0 Å². The highest BCUT2D eigenvalue weighted by molar-refractivity contribution is 6.30. The second-order valence-corrected chi connectivity index (χ2v) is 25.3. The minimum atomic E-state index is -0.415. The van der Waals surface area contributed by atoms with E-state index in [1.54, 1.807) is 115 Å². The molecule has 16 rings (SSSR count). The van der Waals surface area contributed by atoms with Crippen molar-refractivity contribution in [1.82, 2.24) is 74.7 Å². The SMILES string of the molecule is C.C.C.C.CC.CC.CCn1c(=O)c2c(ncn2Cc2ccccc2)n(-c2ccc(Cl)cc2)c1=O.CCn1c(=O)c2c(ncn2Cc2ccccc2)n(-c2ccccc2)c1=O.CCn1c(=O)c2ncn(Cc3ccccc3)c2n(-c2ccc(Cl)cc2)c1=O.CCn1c(=O)c2ncn(Cc3ccccc3)c2n(-c2ccccc2)c1=O. The molecule has 0 spiro atoms. The largest absolute Gasteiger partial charge is 0.337 e. The maximum atomic E-state index is 13.1. The smallest absolute Gasteiger partial charge is 0.320 e. The Balaban J connectivity index is 0.000000205. The van der Waals surface area contributed by atoms with Crippen molar-refractivity contribution in [3.8, 4) is 22.7 Å². The van der Waals surface area contributed by atoms with Crippen LogP contribution >= 0.6 is 23.2 Å². The summed E-state index contributed by atoms with van der Waals surface area (Å²) in [5.74, 6) is 0. The number of nitrogens with zero attached hydrogens (tertiary/aromatic N) is 16. The van der Waals surface area contributed by atoms with E-state index in [0.717, 1.165) is 22.3 Å². The number of hydrogen-bond donors (Lipinski definition) is 0. The van der Waals surface area contributed by atoms with Crippen LogP contribution in [0.4, 0.5) is 0 Å². The van der Waals surface area contributed by atoms with Gasteiger partial charge >= 0.3 is 22.8 Å². The third-order valence-corrected chi connectivity index (χ3v) is 18.3. The Morgan fingerprint density at radius 3 is 0.789 bits per heavy atom. The molecular weight excluding hydrogens is 1480 g/mol. The number of imidazole rings is 4. The maximum absolute atomic E-state index is 13.1. The fourth-order valence-corrected chi connectivity index (χ4v) is 13.0. The van der Waals surface area contributed by atoms with Crippen molar-refractivity contribution in [2.24, 2.45) is 0 Å². The molecule has 0 saturated carbocycles. The third kappa shape index (κ3) is 18.4. The molecule has 0 fully saturated rings. The van der Waals surface area contributed by atoms with Gasteiger partial charge in [-0.05, 0) is 123 Å². The van der Waals surface area contributed by atoms with E-state index in [9.17, 15) is 38.4 Å². The zero-order chi connectivity index (χ0) is 78.1. The lowest BCUT2D eigenvalue weighted by Crippen LogP contribution is -2.39. The molecule has 8 heterocycles. The van der Waals surface area contributed by atoms with Gasteiger partial charge in [0, 0.05) is 49.3 Å². The highest BCUT2D eigenvalue weighted by Gasteiger charge is 2.24. The predicted molar refractivity (Wildman–Crippen MR) is 463 cm³/mol. The van der Waals surface area contributed by atoms with Crippen molar-refractivity contribution in [3.05, 3.63) is 371 Å². The first-order valence-corrected chi connectivity index (χ1v) is 37.0. The van der Waals surface area contributed by atoms with Crippen LogP contribution in [0, 0.1) is 0 Å². The molecule has 16 aromatic rings. The Bertz CT molecular complexity index is 6340. The fourth-order valence-electron chi connectivity index (χ4n) is 12.7. The maximum Gasteiger partial charge on any atom is 0.337 e. The molecule has 0 aliphatic carbocycles. The molecule has 24 nitrogen and oxygen atoms in total. The lowest BCUT2D eigenvalue weighted by molar-refractivity contribution is 0.653. The van der Waals surface area contributed by atoms with Gasteiger partial charge in [-0.1, -0.05) is 238 Å². The normalized spacial score (nSPS) is 10.5. The first-order valence-electron chi connectivity index (χ1n) is 36.2. The lowest BCUT2D eigenvalue weighted by Gasteiger charge is -2.13. The molecule has 0 aliphatic heterocycles. The number of hydrogen-bond acceptors (Lipinski definition) is 12. The highest BCUT2D eigenvalue weighted by atomic mass is 35.5. The van der Waals surface area contributed by atoms with Gasteiger partial charge in [0.05, 0.1) is 61.1 Å². The summed E-state index contributed by atoms with van der Waals surface area (Å²) in [6.45, 7) is 18.3. The van der Waals surface area contributed by atoms with E-state index >= 15 is 0 Å². The summed E-state index contributed by atoms with van der Waals surface area (Å²) in [4.78, 5) is 121. The van der Waals surface area contributed by atoms with Gasteiger partial charge in [-0.2, -0.15) is 0 Å². The average Bonchev–Trinajstić information content (AvgIpc) is 1.55. The number of halogens is 2. The molecule has 0 unspecified atom stereocenters. The van der Waals surface area contributed by atoms with Gasteiger partial charge in [0.25, 0.3) is 22.2 Å². The van der Waals surface area contributed by atoms with Crippen LogP contribution in [0.15, 0.2) is 294 Å². The van der Waals surface area contributed by atoms with E-state index in [4.69, 9.17) is 23.2 Å². The van der Waals surface area contributed by atoms with E-state index in [2.05, 4.69) is 19.9 Å². The molecule has 0 N–H and O–H groups in total. The van der Waals surface area contributed by atoms with Gasteiger partial charge in [-0.25, -0.2) is 57.4 Å². The molecule has 0 radical (unpaired) electrons. The van der Waals surface area contributed by atoms with Crippen LogP contribution in [-0.2, 0) is 52.4 Å². The first kappa shape index (κ1) is 88.2. The van der Waals surface area contributed by atoms with Gasteiger partial charge in [-0.15, -0.1) is 0 Å². The zero-order valence-corrected chi connectivity index (χ0v) is 63.6. The summed E-state index contributed by atoms with van der Waals surface area (Å²) in [5, 5.41) is 1.14. The molecule has 114 heavy (non-hydrogen) atoms. The summed E-state index contributed by atoms with van der Waals surface area (Å²) >= 11 is 12.0. The standard InChI is InChI=1S/2C20H17ClN4O2.2C20H18N4O2.2C2H6.4CH4/c1-2-24-19(26)17-18(22-13-23(17)12-14-6-4-3-5-7-14)25(20(24)27)16-10-8-15(21)9-11-16;1-2-24-19(26)17-18(23(13-22-17)12-14-6-4-3-5-7-14)25(20(24)27)16-10-8-15(21)9-11-16;1-2-23-19(25)17-18(24(20(23)26)16-11-7-4-8-12-16)21-14-22(17)13-15-9-5-3-6-10-15;1-2-23-19(25)17-18(24(20(23)26)16-11-7-4-8-12-16)22(14-21-17)13-15-9-5-3-6-10-15;2*1-2;;;;/h2*3-11,13H,2,12H2,1H3;2*3-12,14H,2,13H2,1H3;2*1-2H3;4*1H4. The second kappa shape index (κ2) is 40.8. The minimum absolute atomic E-state index is 0. The Morgan fingerprint density at radius 1 is 0.272 bits per heavy atom. The Hall–Kier alpha value is -13.1. The van der Waals surface area contributed by atoms with Crippen LogP contribution in [0.25, 0.3) is 67.4 Å². The zero-order valence-electron chi connectivity index (χ0n) is 62.1. The Morgan fingerprint density at radius 2 is 0.500 bits per heavy atom. The van der Waals surface area contributed by atoms with Crippen LogP contribution in [0.2, 0.25) is 10.0 Å². The van der Waals surface area contributed by atoms with Gasteiger partial charge in [-0.3, -0.25) is 37.4 Å². The Labute approximate surface area is 670 Å². The molecule has 0 amide bonds. The number of para-hydroxylation sites is 2. The molecule has 592 valence electrons. The van der Waals surface area contributed by atoms with Crippen molar-refractivity contribution in [3.63, 3.8) is 0 Å². The average molecular weight is 1580 g/mol. The van der Waals surface area contributed by atoms with Crippen LogP contribution in [-0.4, -0.2) is 74.7 Å².